The predicted molar refractivity (Wildman–Crippen MR) is 133 cm³/mol. The van der Waals surface area contributed by atoms with Crippen LogP contribution in [0.3, 0.4) is 0 Å². The Morgan fingerprint density at radius 3 is 2.78 bits per heavy atom. The maximum Gasteiger partial charge on any atom is 0.258 e. The molecule has 4 bridgehead atoms. The van der Waals surface area contributed by atoms with E-state index >= 15 is 0 Å². The van der Waals surface area contributed by atoms with E-state index in [0.717, 1.165) is 0 Å². The summed E-state index contributed by atoms with van der Waals surface area (Å²) < 4.78 is 31.6. The number of nitrogens with one attached hydrogen (secondary N) is 2. The molecule has 0 saturated carbocycles. The van der Waals surface area contributed by atoms with Gasteiger partial charge in [-0.2, -0.15) is 0 Å². The van der Waals surface area contributed by atoms with E-state index in [9.17, 15) is 18.8 Å². The molecule has 1 saturated heterocycles. The number of fused-ring (bicyclic) bond motifs is 5. The second-order valence-electron chi connectivity index (χ2n) is 9.69. The lowest BCUT2D eigenvalue weighted by Gasteiger charge is -2.39. The standard InChI is InChI=1S/C27H32FN3O6/c1-16(2)8-26(33)31-7-6-22-21(14-31)30-25(32)15-36-24-11-18(4-5-23(24)35-3)27(34)29-13-17-9-19(28)12-20(10-17)37-22/h4-5,9-12,16,21-22H,6-8,13-15H2,1-3H3,(H,29,34)(H,30,32)/t21-,22+/m1/s1. The summed E-state index contributed by atoms with van der Waals surface area (Å²) in [5, 5.41) is 5.68. The molecule has 2 aromatic carbocycles. The van der Waals surface area contributed by atoms with Crippen LogP contribution < -0.4 is 24.8 Å². The van der Waals surface area contributed by atoms with Crippen molar-refractivity contribution < 1.29 is 33.0 Å². The molecule has 0 radical (unpaired) electrons. The van der Waals surface area contributed by atoms with Gasteiger partial charge >= 0.3 is 0 Å². The number of ether oxygens (including phenoxy) is 3. The molecule has 2 aliphatic heterocycles. The van der Waals surface area contributed by atoms with E-state index in [1.807, 2.05) is 13.8 Å². The predicted octanol–water partition coefficient (Wildman–Crippen LogP) is 2.67. The Balaban J connectivity index is 1.63. The molecule has 2 N–H and O–H groups in total. The Morgan fingerprint density at radius 2 is 2.03 bits per heavy atom. The molecule has 0 aromatic heterocycles. The van der Waals surface area contributed by atoms with E-state index in [0.29, 0.717) is 36.3 Å². The molecule has 37 heavy (non-hydrogen) atoms. The van der Waals surface area contributed by atoms with Crippen LogP contribution in [0.25, 0.3) is 0 Å². The Bertz CT molecular complexity index is 1170. The molecule has 2 aliphatic rings. The third-order valence-corrected chi connectivity index (χ3v) is 6.29. The van der Waals surface area contributed by atoms with Crippen molar-refractivity contribution in [3.8, 4) is 17.2 Å². The van der Waals surface area contributed by atoms with Gasteiger partial charge in [-0.05, 0) is 41.8 Å². The van der Waals surface area contributed by atoms with Gasteiger partial charge in [0.2, 0.25) is 5.91 Å². The van der Waals surface area contributed by atoms with Gasteiger partial charge in [0, 0.05) is 44.1 Å². The number of carbonyl (C=O) groups is 3. The summed E-state index contributed by atoms with van der Waals surface area (Å²) >= 11 is 0. The first-order valence-corrected chi connectivity index (χ1v) is 12.3. The normalized spacial score (nSPS) is 20.2. The second-order valence-corrected chi connectivity index (χ2v) is 9.69. The number of carbonyl (C=O) groups excluding carboxylic acids is 3. The quantitative estimate of drug-likeness (QED) is 0.654. The molecular weight excluding hydrogens is 481 g/mol. The topological polar surface area (TPSA) is 106 Å². The molecule has 1 fully saturated rings. The SMILES string of the molecule is COc1ccc2cc1OCC(=O)N[C@@H]1CN(C(=O)CC(C)C)CC[C@@H]1Oc1cc(F)cc(c1)CNC2=O. The van der Waals surface area contributed by atoms with Crippen LogP contribution in [-0.2, 0) is 16.1 Å². The minimum atomic E-state index is -0.534. The number of benzene rings is 2. The van der Waals surface area contributed by atoms with Crippen molar-refractivity contribution in [1.82, 2.24) is 15.5 Å². The van der Waals surface area contributed by atoms with Crippen LogP contribution in [0.1, 0.15) is 42.6 Å². The fourth-order valence-electron chi connectivity index (χ4n) is 4.49. The molecule has 0 aliphatic carbocycles. The van der Waals surface area contributed by atoms with Gasteiger partial charge in [-0.1, -0.05) is 13.8 Å². The molecular formula is C27H32FN3O6. The maximum atomic E-state index is 14.4. The molecule has 0 spiro atoms. The number of nitrogens with zero attached hydrogens (tertiary/aromatic N) is 1. The van der Waals surface area contributed by atoms with E-state index in [1.54, 1.807) is 23.1 Å². The summed E-state index contributed by atoms with van der Waals surface area (Å²) in [5.74, 6) is -0.233. The van der Waals surface area contributed by atoms with Gasteiger partial charge < -0.3 is 29.7 Å². The first-order valence-electron chi connectivity index (χ1n) is 12.3. The molecule has 2 heterocycles. The molecule has 2 atom stereocenters. The van der Waals surface area contributed by atoms with Gasteiger partial charge in [0.25, 0.3) is 11.8 Å². The van der Waals surface area contributed by atoms with E-state index in [1.165, 1.54) is 25.3 Å². The highest BCUT2D eigenvalue weighted by molar-refractivity contribution is 5.95. The number of amides is 3. The highest BCUT2D eigenvalue weighted by atomic mass is 19.1. The van der Waals surface area contributed by atoms with E-state index in [4.69, 9.17) is 14.2 Å². The molecule has 198 valence electrons. The van der Waals surface area contributed by atoms with Crippen molar-refractivity contribution in [2.45, 2.75) is 45.4 Å². The zero-order valence-electron chi connectivity index (χ0n) is 21.2. The lowest BCUT2D eigenvalue weighted by Crippen LogP contribution is -2.58. The smallest absolute Gasteiger partial charge is 0.258 e. The van der Waals surface area contributed by atoms with E-state index in [-0.39, 0.29) is 43.0 Å². The summed E-state index contributed by atoms with van der Waals surface area (Å²) in [7, 11) is 1.46. The van der Waals surface area contributed by atoms with Gasteiger partial charge in [0.1, 0.15) is 17.7 Å². The van der Waals surface area contributed by atoms with E-state index in [2.05, 4.69) is 10.6 Å². The first-order chi connectivity index (χ1) is 17.7. The molecule has 9 nitrogen and oxygen atoms in total. The number of rotatable bonds is 3. The number of hydrogen-bond donors (Lipinski definition) is 2. The summed E-state index contributed by atoms with van der Waals surface area (Å²) in [6.07, 6.45) is 0.362. The third kappa shape index (κ3) is 6.69. The van der Waals surface area contributed by atoms with Crippen LogP contribution in [0.5, 0.6) is 17.2 Å². The lowest BCUT2D eigenvalue weighted by molar-refractivity contribution is -0.136. The third-order valence-electron chi connectivity index (χ3n) is 6.29. The number of hydrogen-bond acceptors (Lipinski definition) is 6. The van der Waals surface area contributed by atoms with Gasteiger partial charge in [-0.15, -0.1) is 0 Å². The number of halogens is 1. The molecule has 2 aromatic rings. The number of methoxy groups -OCH3 is 1. The lowest BCUT2D eigenvalue weighted by atomic mass is 10.00. The van der Waals surface area contributed by atoms with Crippen molar-refractivity contribution in [3.63, 3.8) is 0 Å². The summed E-state index contributed by atoms with van der Waals surface area (Å²) in [6.45, 7) is 4.42. The van der Waals surface area contributed by atoms with Crippen molar-refractivity contribution in [1.29, 1.82) is 0 Å². The van der Waals surface area contributed by atoms with Crippen LogP contribution in [0.4, 0.5) is 4.39 Å². The average molecular weight is 514 g/mol. The van der Waals surface area contributed by atoms with Crippen LogP contribution in [0.15, 0.2) is 36.4 Å². The van der Waals surface area contributed by atoms with Gasteiger partial charge in [0.15, 0.2) is 18.1 Å². The summed E-state index contributed by atoms with van der Waals surface area (Å²) in [4.78, 5) is 40.1. The van der Waals surface area contributed by atoms with E-state index < -0.39 is 29.8 Å². The van der Waals surface area contributed by atoms with Crippen molar-refractivity contribution in [2.24, 2.45) is 5.92 Å². The van der Waals surface area contributed by atoms with Gasteiger partial charge in [-0.3, -0.25) is 14.4 Å². The minimum Gasteiger partial charge on any atom is -0.493 e. The molecule has 3 amide bonds. The van der Waals surface area contributed by atoms with Crippen LogP contribution >= 0.6 is 0 Å². The summed E-state index contributed by atoms with van der Waals surface area (Å²) in [5.41, 5.74) is 0.813. The highest BCUT2D eigenvalue weighted by Gasteiger charge is 2.34. The Kier molecular flexibility index (Phi) is 8.15. The number of piperidine rings is 1. The largest absolute Gasteiger partial charge is 0.493 e. The highest BCUT2D eigenvalue weighted by Crippen LogP contribution is 2.29. The maximum absolute atomic E-state index is 14.4. The molecule has 4 rings (SSSR count). The zero-order chi connectivity index (χ0) is 26.5. The summed E-state index contributed by atoms with van der Waals surface area (Å²) in [6, 6.07) is 8.35. The van der Waals surface area contributed by atoms with Crippen molar-refractivity contribution >= 4 is 17.7 Å². The first kappa shape index (κ1) is 26.2. The Hall–Kier alpha value is -3.82. The van der Waals surface area contributed by atoms with Crippen LogP contribution in [0, 0.1) is 11.7 Å². The van der Waals surface area contributed by atoms with Crippen molar-refractivity contribution in [2.75, 3.05) is 26.8 Å². The monoisotopic (exact) mass is 513 g/mol. The average Bonchev–Trinajstić information content (AvgIpc) is 2.85. The molecule has 10 heteroatoms. The van der Waals surface area contributed by atoms with Crippen molar-refractivity contribution in [3.05, 3.63) is 53.3 Å². The minimum absolute atomic E-state index is 0.0106. The van der Waals surface area contributed by atoms with Gasteiger partial charge in [-0.25, -0.2) is 4.39 Å². The second kappa shape index (κ2) is 11.5. The number of likely N-dealkylation sites (tertiary alicyclic amines) is 1. The zero-order valence-corrected chi connectivity index (χ0v) is 21.2. The van der Waals surface area contributed by atoms with Crippen LogP contribution in [-0.4, -0.2) is 61.6 Å². The fraction of sp³-hybridized carbons (Fsp3) is 0.444. The Labute approximate surface area is 215 Å². The Morgan fingerprint density at radius 1 is 1.22 bits per heavy atom. The van der Waals surface area contributed by atoms with Crippen LogP contribution in [0.2, 0.25) is 0 Å². The molecule has 0 unspecified atom stereocenters. The fourth-order valence-corrected chi connectivity index (χ4v) is 4.49. The van der Waals surface area contributed by atoms with Gasteiger partial charge in [0.05, 0.1) is 13.2 Å².